The zero-order valence-electron chi connectivity index (χ0n) is 14.5. The molecule has 1 aliphatic heterocycles. The number of hydrogen-bond donors (Lipinski definition) is 2. The largest absolute Gasteiger partial charge is 0.355 e. The van der Waals surface area contributed by atoms with Crippen molar-refractivity contribution in [2.75, 3.05) is 49.0 Å². The zero-order chi connectivity index (χ0) is 19.4. The minimum absolute atomic E-state index is 0.0160. The maximum Gasteiger partial charge on any atom is 0.355 e. The van der Waals surface area contributed by atoms with Crippen molar-refractivity contribution in [1.29, 1.82) is 0 Å². The molecule has 0 spiro atoms. The number of nitrogens with one attached hydrogen (secondary N) is 2. The molecular weight excluding hydrogens is 356 g/mol. The highest BCUT2D eigenvalue weighted by Crippen LogP contribution is 2.32. The van der Waals surface area contributed by atoms with Crippen molar-refractivity contribution < 1.29 is 9.85 Å². The standard InChI is InChI=1S/C15H18N8O4/c1-20-6-8-21(9-7-20)15-13(23(26)27)14(16-10-17-15)19-18-11-2-4-12(5-3-11)22(24)25/h2-5,10,18H,6-9H2,1H3,(H,16,17,19). The first-order chi connectivity index (χ1) is 13.0. The van der Waals surface area contributed by atoms with Crippen LogP contribution in [0.3, 0.4) is 0 Å². The summed E-state index contributed by atoms with van der Waals surface area (Å²) in [6.45, 7) is 2.82. The van der Waals surface area contributed by atoms with E-state index in [1.54, 1.807) is 0 Å². The topological polar surface area (TPSA) is 143 Å². The number of rotatable bonds is 6. The normalized spacial score (nSPS) is 14.6. The summed E-state index contributed by atoms with van der Waals surface area (Å²) >= 11 is 0. The molecule has 1 fully saturated rings. The molecule has 12 heteroatoms. The van der Waals surface area contributed by atoms with Gasteiger partial charge in [-0.1, -0.05) is 0 Å². The SMILES string of the molecule is CN1CCN(c2ncnc(NNc3ccc([N+](=O)[O-])cc3)c2[N+](=O)[O-])CC1. The molecule has 27 heavy (non-hydrogen) atoms. The third kappa shape index (κ3) is 4.17. The summed E-state index contributed by atoms with van der Waals surface area (Å²) in [6, 6.07) is 5.63. The number of hydrazine groups is 1. The van der Waals surface area contributed by atoms with E-state index >= 15 is 0 Å². The molecule has 2 aromatic rings. The number of non-ortho nitro benzene ring substituents is 1. The maximum atomic E-state index is 11.6. The van der Waals surface area contributed by atoms with E-state index in [0.717, 1.165) is 13.1 Å². The Hall–Kier alpha value is -3.54. The van der Waals surface area contributed by atoms with Gasteiger partial charge in [-0.25, -0.2) is 9.97 Å². The first-order valence-corrected chi connectivity index (χ1v) is 8.15. The number of piperazine rings is 1. The lowest BCUT2D eigenvalue weighted by molar-refractivity contribution is -0.384. The molecule has 1 aromatic carbocycles. The summed E-state index contributed by atoms with van der Waals surface area (Å²) in [7, 11) is 1.99. The first kappa shape index (κ1) is 18.3. The van der Waals surface area contributed by atoms with Crippen LogP contribution in [-0.4, -0.2) is 57.9 Å². The van der Waals surface area contributed by atoms with Crippen LogP contribution in [-0.2, 0) is 0 Å². The molecule has 2 heterocycles. The molecule has 0 bridgehead atoms. The lowest BCUT2D eigenvalue weighted by Gasteiger charge is -2.32. The van der Waals surface area contributed by atoms with Crippen LogP contribution >= 0.6 is 0 Å². The predicted octanol–water partition coefficient (Wildman–Crippen LogP) is 1.48. The fraction of sp³-hybridized carbons (Fsp3) is 0.333. The molecule has 142 valence electrons. The minimum Gasteiger partial charge on any atom is -0.348 e. The van der Waals surface area contributed by atoms with E-state index in [1.807, 2.05) is 11.9 Å². The Kier molecular flexibility index (Phi) is 5.26. The van der Waals surface area contributed by atoms with Gasteiger partial charge in [-0.2, -0.15) is 0 Å². The fourth-order valence-electron chi connectivity index (χ4n) is 2.68. The Morgan fingerprint density at radius 2 is 1.63 bits per heavy atom. The third-order valence-electron chi connectivity index (χ3n) is 4.19. The Labute approximate surface area is 154 Å². The molecule has 0 amide bonds. The average Bonchev–Trinajstić information content (AvgIpc) is 2.66. The number of nitro benzene ring substituents is 1. The molecule has 1 saturated heterocycles. The Bertz CT molecular complexity index is 836. The summed E-state index contributed by atoms with van der Waals surface area (Å²) in [5.41, 5.74) is 5.68. The summed E-state index contributed by atoms with van der Waals surface area (Å²) in [6.07, 6.45) is 1.26. The van der Waals surface area contributed by atoms with Crippen molar-refractivity contribution in [2.45, 2.75) is 0 Å². The van der Waals surface area contributed by atoms with Gasteiger partial charge in [-0.3, -0.25) is 31.1 Å². The highest BCUT2D eigenvalue weighted by Gasteiger charge is 2.28. The van der Waals surface area contributed by atoms with E-state index < -0.39 is 9.85 Å². The van der Waals surface area contributed by atoms with Gasteiger partial charge in [0.05, 0.1) is 15.5 Å². The molecule has 1 aliphatic rings. The van der Waals surface area contributed by atoms with Crippen molar-refractivity contribution in [3.8, 4) is 0 Å². The van der Waals surface area contributed by atoms with Crippen molar-refractivity contribution in [3.05, 3.63) is 50.8 Å². The Morgan fingerprint density at radius 1 is 0.963 bits per heavy atom. The third-order valence-corrected chi connectivity index (χ3v) is 4.19. The second-order valence-electron chi connectivity index (χ2n) is 6.00. The lowest BCUT2D eigenvalue weighted by atomic mass is 10.3. The molecular formula is C15H18N8O4. The van der Waals surface area contributed by atoms with E-state index in [2.05, 4.69) is 25.7 Å². The van der Waals surface area contributed by atoms with Gasteiger partial charge >= 0.3 is 5.69 Å². The summed E-state index contributed by atoms with van der Waals surface area (Å²) in [5, 5.41) is 22.3. The number of likely N-dealkylation sites (N-methyl/N-ethyl adjacent to an activating group) is 1. The average molecular weight is 374 g/mol. The molecule has 0 aliphatic carbocycles. The van der Waals surface area contributed by atoms with Crippen LogP contribution in [0.15, 0.2) is 30.6 Å². The number of nitrogens with zero attached hydrogens (tertiary/aromatic N) is 6. The molecule has 0 radical (unpaired) electrons. The monoisotopic (exact) mass is 374 g/mol. The molecule has 12 nitrogen and oxygen atoms in total. The summed E-state index contributed by atoms with van der Waals surface area (Å²) in [4.78, 5) is 33.4. The van der Waals surface area contributed by atoms with Crippen molar-refractivity contribution in [2.24, 2.45) is 0 Å². The fourth-order valence-corrected chi connectivity index (χ4v) is 2.68. The van der Waals surface area contributed by atoms with Crippen molar-refractivity contribution in [1.82, 2.24) is 14.9 Å². The predicted molar refractivity (Wildman–Crippen MR) is 98.7 cm³/mol. The maximum absolute atomic E-state index is 11.6. The van der Waals surface area contributed by atoms with E-state index in [-0.39, 0.29) is 23.0 Å². The van der Waals surface area contributed by atoms with Crippen LogP contribution < -0.4 is 15.8 Å². The highest BCUT2D eigenvalue weighted by atomic mass is 16.6. The van der Waals surface area contributed by atoms with Crippen LogP contribution in [0.25, 0.3) is 0 Å². The van der Waals surface area contributed by atoms with Crippen molar-refractivity contribution >= 4 is 28.7 Å². The van der Waals surface area contributed by atoms with E-state index in [0.29, 0.717) is 18.8 Å². The van der Waals surface area contributed by atoms with Crippen LogP contribution in [0.1, 0.15) is 0 Å². The number of benzene rings is 1. The second-order valence-corrected chi connectivity index (χ2v) is 6.00. The van der Waals surface area contributed by atoms with Gasteiger partial charge in [0.1, 0.15) is 6.33 Å². The molecule has 1 aromatic heterocycles. The van der Waals surface area contributed by atoms with Crippen LogP contribution in [0.4, 0.5) is 28.7 Å². The van der Waals surface area contributed by atoms with E-state index in [1.165, 1.54) is 30.6 Å². The second kappa shape index (κ2) is 7.78. The smallest absolute Gasteiger partial charge is 0.348 e. The molecule has 0 unspecified atom stereocenters. The molecule has 2 N–H and O–H groups in total. The summed E-state index contributed by atoms with van der Waals surface area (Å²) in [5.74, 6) is 0.276. The quantitative estimate of drug-likeness (QED) is 0.563. The van der Waals surface area contributed by atoms with Crippen LogP contribution in [0.2, 0.25) is 0 Å². The Balaban J connectivity index is 1.79. The van der Waals surface area contributed by atoms with Gasteiger partial charge in [-0.05, 0) is 19.2 Å². The Morgan fingerprint density at radius 3 is 2.22 bits per heavy atom. The van der Waals surface area contributed by atoms with E-state index in [9.17, 15) is 20.2 Å². The molecule has 0 saturated carbocycles. The van der Waals surface area contributed by atoms with Gasteiger partial charge in [-0.15, -0.1) is 0 Å². The van der Waals surface area contributed by atoms with Gasteiger partial charge < -0.3 is 9.80 Å². The number of hydrogen-bond acceptors (Lipinski definition) is 10. The van der Waals surface area contributed by atoms with Crippen LogP contribution in [0.5, 0.6) is 0 Å². The number of nitro groups is 2. The van der Waals surface area contributed by atoms with Gasteiger partial charge in [0.25, 0.3) is 5.69 Å². The van der Waals surface area contributed by atoms with Crippen molar-refractivity contribution in [3.63, 3.8) is 0 Å². The molecule has 3 rings (SSSR count). The van der Waals surface area contributed by atoms with Gasteiger partial charge in [0.2, 0.25) is 11.6 Å². The zero-order valence-corrected chi connectivity index (χ0v) is 14.5. The number of anilines is 3. The number of aromatic nitrogens is 2. The first-order valence-electron chi connectivity index (χ1n) is 8.15. The van der Waals surface area contributed by atoms with Gasteiger partial charge in [0.15, 0.2) is 0 Å². The highest BCUT2D eigenvalue weighted by molar-refractivity contribution is 5.71. The van der Waals surface area contributed by atoms with Crippen LogP contribution in [0, 0.1) is 20.2 Å². The molecule has 0 atom stereocenters. The van der Waals surface area contributed by atoms with Gasteiger partial charge in [0, 0.05) is 38.3 Å². The lowest BCUT2D eigenvalue weighted by Crippen LogP contribution is -2.45. The van der Waals surface area contributed by atoms with E-state index in [4.69, 9.17) is 0 Å². The summed E-state index contributed by atoms with van der Waals surface area (Å²) < 4.78 is 0. The minimum atomic E-state index is -0.520.